The van der Waals surface area contributed by atoms with E-state index >= 15 is 0 Å². The van der Waals surface area contributed by atoms with E-state index in [0.717, 1.165) is 5.56 Å². The Hall–Kier alpha value is 0.706. The first kappa shape index (κ1) is 12.7. The van der Waals surface area contributed by atoms with Crippen LogP contribution in [0.15, 0.2) is 35.7 Å². The molecule has 1 atom stereocenters. The molecular formula is C8H9KO2S. The fraction of sp³-hybridized carbons (Fsp3) is 0. The number of hydrogen-bond acceptors (Lipinski definition) is 1. The van der Waals surface area contributed by atoms with Crippen molar-refractivity contribution in [3.05, 3.63) is 36.4 Å². The molecule has 1 aromatic rings. The summed E-state index contributed by atoms with van der Waals surface area (Å²) in [5, 5.41) is 0. The van der Waals surface area contributed by atoms with Crippen LogP contribution in [0.1, 0.15) is 5.56 Å². The van der Waals surface area contributed by atoms with Gasteiger partial charge in [0.2, 0.25) is 0 Å². The van der Waals surface area contributed by atoms with Crippen molar-refractivity contribution in [3.63, 3.8) is 0 Å². The van der Waals surface area contributed by atoms with Crippen molar-refractivity contribution in [1.82, 2.24) is 0 Å². The molecule has 0 fully saturated rings. The summed E-state index contributed by atoms with van der Waals surface area (Å²) in [6, 6.07) is 6.70. The molecule has 0 saturated heterocycles. The van der Waals surface area contributed by atoms with Gasteiger partial charge in [-0.3, -0.25) is 0 Å². The normalized spacial score (nSPS) is 11.4. The summed E-state index contributed by atoms with van der Waals surface area (Å²) in [7, 11) is 0. The van der Waals surface area contributed by atoms with E-state index in [1.165, 1.54) is 0 Å². The minimum absolute atomic E-state index is 0. The van der Waals surface area contributed by atoms with Gasteiger partial charge in [0.1, 0.15) is 0 Å². The molecule has 1 rings (SSSR count). The molecule has 0 radical (unpaired) electrons. The van der Waals surface area contributed by atoms with E-state index in [9.17, 15) is 4.21 Å². The Kier molecular flexibility index (Phi) is 6.57. The van der Waals surface area contributed by atoms with Gasteiger partial charge in [-0.25, -0.2) is 4.21 Å². The van der Waals surface area contributed by atoms with Crippen molar-refractivity contribution in [1.29, 1.82) is 0 Å². The van der Waals surface area contributed by atoms with Crippen LogP contribution in [0.5, 0.6) is 0 Å². The van der Waals surface area contributed by atoms with Gasteiger partial charge in [0.05, 0.1) is 4.90 Å². The molecule has 0 aliphatic heterocycles. The Morgan fingerprint density at radius 3 is 2.17 bits per heavy atom. The van der Waals surface area contributed by atoms with Crippen LogP contribution in [0.2, 0.25) is 0 Å². The number of benzene rings is 1. The van der Waals surface area contributed by atoms with Crippen LogP contribution in [0.4, 0.5) is 0 Å². The number of hydrogen-bond donors (Lipinski definition) is 1. The standard InChI is InChI=1S/C8H8O2S.K.H/c1-2-7-3-5-8(6-4-7)11(9)10;;/h2-6H,1H2,(H,9,10);;. The van der Waals surface area contributed by atoms with E-state index < -0.39 is 11.1 Å². The van der Waals surface area contributed by atoms with E-state index in [0.29, 0.717) is 4.90 Å². The Morgan fingerprint density at radius 2 is 1.83 bits per heavy atom. The second-order valence-corrected chi connectivity index (χ2v) is 2.99. The summed E-state index contributed by atoms with van der Waals surface area (Å²) in [6.07, 6.45) is 1.68. The molecular weight excluding hydrogens is 199 g/mol. The second-order valence-electron chi connectivity index (χ2n) is 2.02. The molecule has 0 amide bonds. The maximum atomic E-state index is 10.5. The molecule has 0 bridgehead atoms. The Morgan fingerprint density at radius 1 is 1.33 bits per heavy atom. The van der Waals surface area contributed by atoms with E-state index in [4.69, 9.17) is 4.55 Å². The van der Waals surface area contributed by atoms with E-state index in [1.807, 2.05) is 0 Å². The molecule has 12 heavy (non-hydrogen) atoms. The molecule has 1 aromatic carbocycles. The summed E-state index contributed by atoms with van der Waals surface area (Å²) in [5.41, 5.74) is 0.944. The van der Waals surface area contributed by atoms with Crippen molar-refractivity contribution in [3.8, 4) is 0 Å². The minimum atomic E-state index is -1.87. The summed E-state index contributed by atoms with van der Waals surface area (Å²) >= 11 is -1.87. The predicted octanol–water partition coefficient (Wildman–Crippen LogP) is 1.26. The molecule has 0 aliphatic carbocycles. The SMILES string of the molecule is C=Cc1ccc(S(=O)O)cc1.[KH]. The van der Waals surface area contributed by atoms with Gasteiger partial charge >= 0.3 is 51.4 Å². The molecule has 0 heterocycles. The summed E-state index contributed by atoms with van der Waals surface area (Å²) < 4.78 is 19.1. The van der Waals surface area contributed by atoms with Crippen LogP contribution in [0.3, 0.4) is 0 Å². The van der Waals surface area contributed by atoms with Gasteiger partial charge in [0, 0.05) is 0 Å². The van der Waals surface area contributed by atoms with Gasteiger partial charge in [0.25, 0.3) is 0 Å². The zero-order chi connectivity index (χ0) is 8.27. The third-order valence-electron chi connectivity index (χ3n) is 1.32. The van der Waals surface area contributed by atoms with Crippen molar-refractivity contribution < 1.29 is 8.76 Å². The van der Waals surface area contributed by atoms with Gasteiger partial charge in [0.15, 0.2) is 11.1 Å². The third-order valence-corrected chi connectivity index (χ3v) is 1.99. The zero-order valence-electron chi connectivity index (χ0n) is 5.86. The van der Waals surface area contributed by atoms with Crippen LogP contribution >= 0.6 is 0 Å². The molecule has 0 saturated carbocycles. The predicted molar refractivity (Wildman–Crippen MR) is 52.7 cm³/mol. The Balaban J connectivity index is 0.00000121. The summed E-state index contributed by atoms with van der Waals surface area (Å²) in [4.78, 5) is 0.413. The Labute approximate surface area is 117 Å². The Bertz CT molecular complexity index is 282. The van der Waals surface area contributed by atoms with Crippen LogP contribution in [0, 0.1) is 0 Å². The summed E-state index contributed by atoms with van der Waals surface area (Å²) in [5.74, 6) is 0. The van der Waals surface area contributed by atoms with Crippen LogP contribution in [-0.2, 0) is 11.1 Å². The van der Waals surface area contributed by atoms with Gasteiger partial charge in [-0.05, 0) is 17.7 Å². The van der Waals surface area contributed by atoms with Gasteiger partial charge in [-0.1, -0.05) is 24.8 Å². The van der Waals surface area contributed by atoms with Crippen molar-refractivity contribution in [2.45, 2.75) is 4.90 Å². The molecule has 1 unspecified atom stereocenters. The monoisotopic (exact) mass is 208 g/mol. The first-order chi connectivity index (χ1) is 5.24. The van der Waals surface area contributed by atoms with Crippen molar-refractivity contribution in [2.75, 3.05) is 0 Å². The quantitative estimate of drug-likeness (QED) is 0.587. The molecule has 0 aromatic heterocycles. The first-order valence-electron chi connectivity index (χ1n) is 3.07. The van der Waals surface area contributed by atoms with Gasteiger partial charge in [-0.2, -0.15) is 0 Å². The molecule has 2 nitrogen and oxygen atoms in total. The fourth-order valence-corrected chi connectivity index (χ4v) is 1.09. The van der Waals surface area contributed by atoms with E-state index in [2.05, 4.69) is 6.58 Å². The zero-order valence-corrected chi connectivity index (χ0v) is 6.67. The molecule has 4 heteroatoms. The molecule has 0 aliphatic rings. The first-order valence-corrected chi connectivity index (χ1v) is 4.18. The van der Waals surface area contributed by atoms with E-state index in [1.54, 1.807) is 30.3 Å². The summed E-state index contributed by atoms with van der Waals surface area (Å²) in [6.45, 7) is 3.57. The van der Waals surface area contributed by atoms with Crippen LogP contribution in [0.25, 0.3) is 6.08 Å². The molecule has 60 valence electrons. The van der Waals surface area contributed by atoms with Gasteiger partial charge < -0.3 is 4.55 Å². The van der Waals surface area contributed by atoms with Crippen LogP contribution in [-0.4, -0.2) is 60.1 Å². The van der Waals surface area contributed by atoms with Crippen LogP contribution < -0.4 is 0 Å². The average molecular weight is 208 g/mol. The van der Waals surface area contributed by atoms with Crippen molar-refractivity contribution in [2.24, 2.45) is 0 Å². The molecule has 1 N–H and O–H groups in total. The number of rotatable bonds is 2. The maximum absolute atomic E-state index is 10.5. The fourth-order valence-electron chi connectivity index (χ4n) is 0.720. The third kappa shape index (κ3) is 3.61. The van der Waals surface area contributed by atoms with Crippen molar-refractivity contribution >= 4 is 68.5 Å². The topological polar surface area (TPSA) is 37.3 Å². The van der Waals surface area contributed by atoms with Gasteiger partial charge in [-0.15, -0.1) is 0 Å². The van der Waals surface area contributed by atoms with E-state index in [-0.39, 0.29) is 51.4 Å². The average Bonchev–Trinajstić information content (AvgIpc) is 2.05. The molecule has 0 spiro atoms. The second kappa shape index (κ2) is 6.20.